The van der Waals surface area contributed by atoms with Crippen molar-refractivity contribution >= 4 is 23.4 Å². The lowest BCUT2D eigenvalue weighted by Gasteiger charge is -2.29. The number of rotatable bonds is 5. The first-order chi connectivity index (χ1) is 12.2. The highest BCUT2D eigenvalue weighted by atomic mass is 32.1. The molecule has 1 aromatic carbocycles. The second-order valence-corrected chi connectivity index (χ2v) is 6.02. The van der Waals surface area contributed by atoms with Crippen molar-refractivity contribution in [1.29, 1.82) is 0 Å². The number of amides is 1. The van der Waals surface area contributed by atoms with Gasteiger partial charge in [-0.25, -0.2) is 9.80 Å². The summed E-state index contributed by atoms with van der Waals surface area (Å²) >= 11 is 5.44. The number of nitrogens with zero attached hydrogens (tertiary/aromatic N) is 2. The van der Waals surface area contributed by atoms with E-state index in [4.69, 9.17) is 26.4 Å². The third-order valence-corrected chi connectivity index (χ3v) is 4.26. The van der Waals surface area contributed by atoms with Gasteiger partial charge >= 0.3 is 6.09 Å². The Balaban J connectivity index is 1.53. The Labute approximate surface area is 152 Å². The van der Waals surface area contributed by atoms with Crippen LogP contribution in [0.1, 0.15) is 18.4 Å². The van der Waals surface area contributed by atoms with Crippen LogP contribution < -0.4 is 14.8 Å². The van der Waals surface area contributed by atoms with E-state index < -0.39 is 0 Å². The van der Waals surface area contributed by atoms with E-state index in [0.29, 0.717) is 37.8 Å². The maximum Gasteiger partial charge on any atom is 0.428 e. The molecule has 0 saturated carbocycles. The molecule has 1 saturated heterocycles. The van der Waals surface area contributed by atoms with Crippen LogP contribution in [-0.4, -0.2) is 47.7 Å². The molecule has 0 bridgehead atoms. The van der Waals surface area contributed by atoms with E-state index >= 15 is 0 Å². The quantitative estimate of drug-likeness (QED) is 0.490. The minimum atomic E-state index is -0.383. The van der Waals surface area contributed by atoms with Crippen LogP contribution in [0.2, 0.25) is 0 Å². The van der Waals surface area contributed by atoms with Crippen molar-refractivity contribution in [3.63, 3.8) is 0 Å². The lowest BCUT2D eigenvalue weighted by Crippen LogP contribution is -2.49. The van der Waals surface area contributed by atoms with Crippen LogP contribution in [0.25, 0.3) is 0 Å². The van der Waals surface area contributed by atoms with Crippen LogP contribution in [0.5, 0.6) is 11.5 Å². The van der Waals surface area contributed by atoms with Gasteiger partial charge < -0.3 is 19.5 Å². The third kappa shape index (κ3) is 4.14. The standard InChI is InChI=1S/C17H21N3O4S/c1-2-3-9-22-17(21)20-8-4-7-19(20)16(25)18-11-13-5-6-14-15(10-13)24-12-23-14/h2,5-6,10H,1,3-4,7-9,11-12H2,(H,18,25). The lowest BCUT2D eigenvalue weighted by atomic mass is 10.2. The fourth-order valence-corrected chi connectivity index (χ4v) is 2.90. The fraction of sp³-hybridized carbons (Fsp3) is 0.412. The molecule has 1 amide bonds. The van der Waals surface area contributed by atoms with Gasteiger partial charge in [-0.1, -0.05) is 12.1 Å². The molecule has 3 rings (SSSR count). The van der Waals surface area contributed by atoms with Gasteiger partial charge in [-0.05, 0) is 42.8 Å². The zero-order chi connectivity index (χ0) is 17.6. The van der Waals surface area contributed by atoms with Gasteiger partial charge in [-0.15, -0.1) is 6.58 Å². The van der Waals surface area contributed by atoms with Gasteiger partial charge in [0.15, 0.2) is 16.6 Å². The highest BCUT2D eigenvalue weighted by molar-refractivity contribution is 7.80. The highest BCUT2D eigenvalue weighted by Gasteiger charge is 2.29. The zero-order valence-electron chi connectivity index (χ0n) is 13.9. The van der Waals surface area contributed by atoms with Gasteiger partial charge in [-0.3, -0.25) is 5.01 Å². The minimum absolute atomic E-state index is 0.251. The monoisotopic (exact) mass is 363 g/mol. The van der Waals surface area contributed by atoms with E-state index in [-0.39, 0.29) is 12.9 Å². The van der Waals surface area contributed by atoms with E-state index in [2.05, 4.69) is 11.9 Å². The van der Waals surface area contributed by atoms with E-state index in [1.807, 2.05) is 18.2 Å². The second-order valence-electron chi connectivity index (χ2n) is 5.64. The molecule has 2 aliphatic heterocycles. The molecule has 25 heavy (non-hydrogen) atoms. The first kappa shape index (κ1) is 17.3. The number of hydrogen-bond acceptors (Lipinski definition) is 5. The molecule has 0 aromatic heterocycles. The van der Waals surface area contributed by atoms with Crippen molar-refractivity contribution in [2.75, 3.05) is 26.5 Å². The molecule has 0 aliphatic carbocycles. The van der Waals surface area contributed by atoms with E-state index in [0.717, 1.165) is 23.5 Å². The van der Waals surface area contributed by atoms with Crippen LogP contribution in [0, 0.1) is 0 Å². The number of carbonyl (C=O) groups is 1. The molecule has 8 heteroatoms. The molecule has 0 unspecified atom stereocenters. The summed E-state index contributed by atoms with van der Waals surface area (Å²) in [4.78, 5) is 12.1. The van der Waals surface area contributed by atoms with Crippen LogP contribution >= 0.6 is 12.2 Å². The molecule has 1 N–H and O–H groups in total. The normalized spacial score (nSPS) is 15.2. The number of nitrogens with one attached hydrogen (secondary N) is 1. The molecule has 1 aromatic rings. The summed E-state index contributed by atoms with van der Waals surface area (Å²) in [5.41, 5.74) is 1.02. The smallest absolute Gasteiger partial charge is 0.428 e. The fourth-order valence-electron chi connectivity index (χ4n) is 2.64. The molecule has 2 heterocycles. The Bertz CT molecular complexity index is 667. The van der Waals surface area contributed by atoms with E-state index in [9.17, 15) is 4.79 Å². The van der Waals surface area contributed by atoms with Gasteiger partial charge in [0.25, 0.3) is 0 Å². The summed E-state index contributed by atoms with van der Waals surface area (Å²) in [6.45, 7) is 6.00. The van der Waals surface area contributed by atoms with Crippen molar-refractivity contribution in [3.8, 4) is 11.5 Å². The largest absolute Gasteiger partial charge is 0.454 e. The van der Waals surface area contributed by atoms with Crippen molar-refractivity contribution in [1.82, 2.24) is 15.3 Å². The average Bonchev–Trinajstić information content (AvgIpc) is 3.28. The van der Waals surface area contributed by atoms with Crippen LogP contribution in [0.3, 0.4) is 0 Å². The Kier molecular flexibility index (Phi) is 5.60. The van der Waals surface area contributed by atoms with E-state index in [1.165, 1.54) is 5.01 Å². The first-order valence-electron chi connectivity index (χ1n) is 8.18. The lowest BCUT2D eigenvalue weighted by molar-refractivity contribution is 0.0536. The average molecular weight is 363 g/mol. The predicted octanol–water partition coefficient (Wildman–Crippen LogP) is 2.43. The van der Waals surface area contributed by atoms with Crippen molar-refractivity contribution < 1.29 is 19.0 Å². The topological polar surface area (TPSA) is 63.3 Å². The van der Waals surface area contributed by atoms with Gasteiger partial charge in [0.2, 0.25) is 6.79 Å². The Morgan fingerprint density at radius 3 is 2.96 bits per heavy atom. The molecule has 0 spiro atoms. The molecule has 0 atom stereocenters. The number of ether oxygens (including phenoxy) is 3. The number of thiocarbonyl (C=S) groups is 1. The summed E-state index contributed by atoms with van der Waals surface area (Å²) < 4.78 is 15.9. The van der Waals surface area contributed by atoms with Crippen molar-refractivity contribution in [2.45, 2.75) is 19.4 Å². The van der Waals surface area contributed by atoms with Crippen LogP contribution in [-0.2, 0) is 11.3 Å². The molecular weight excluding hydrogens is 342 g/mol. The van der Waals surface area contributed by atoms with Crippen LogP contribution in [0.15, 0.2) is 30.9 Å². The van der Waals surface area contributed by atoms with Gasteiger partial charge in [-0.2, -0.15) is 0 Å². The van der Waals surface area contributed by atoms with Crippen molar-refractivity contribution in [2.24, 2.45) is 0 Å². The Morgan fingerprint density at radius 1 is 1.32 bits per heavy atom. The molecule has 134 valence electrons. The molecule has 2 aliphatic rings. The SMILES string of the molecule is C=CCCOC(=O)N1CCCN1C(=S)NCc1ccc2c(c1)OCO2. The number of hydrazine groups is 1. The molecule has 0 radical (unpaired) electrons. The molecular formula is C17H21N3O4S. The first-order valence-corrected chi connectivity index (χ1v) is 8.59. The summed E-state index contributed by atoms with van der Waals surface area (Å²) in [6.07, 6.45) is 2.81. The number of fused-ring (bicyclic) bond motifs is 1. The summed E-state index contributed by atoms with van der Waals surface area (Å²) in [5, 5.41) is 6.96. The molecule has 7 nitrogen and oxygen atoms in total. The van der Waals surface area contributed by atoms with Gasteiger partial charge in [0, 0.05) is 19.6 Å². The summed E-state index contributed by atoms with van der Waals surface area (Å²) in [6, 6.07) is 5.75. The summed E-state index contributed by atoms with van der Waals surface area (Å²) in [5.74, 6) is 1.48. The third-order valence-electron chi connectivity index (χ3n) is 3.90. The summed E-state index contributed by atoms with van der Waals surface area (Å²) in [7, 11) is 0. The maximum atomic E-state index is 12.1. The zero-order valence-corrected chi connectivity index (χ0v) is 14.7. The van der Waals surface area contributed by atoms with Gasteiger partial charge in [0.05, 0.1) is 6.61 Å². The van der Waals surface area contributed by atoms with Gasteiger partial charge in [0.1, 0.15) is 0 Å². The number of carbonyl (C=O) groups excluding carboxylic acids is 1. The number of hydrogen-bond donors (Lipinski definition) is 1. The predicted molar refractivity (Wildman–Crippen MR) is 96.2 cm³/mol. The Morgan fingerprint density at radius 2 is 2.12 bits per heavy atom. The van der Waals surface area contributed by atoms with E-state index in [1.54, 1.807) is 11.1 Å². The Hall–Kier alpha value is -2.48. The van der Waals surface area contributed by atoms with Crippen LogP contribution in [0.4, 0.5) is 4.79 Å². The highest BCUT2D eigenvalue weighted by Crippen LogP contribution is 2.32. The second kappa shape index (κ2) is 8.06. The van der Waals surface area contributed by atoms with Crippen molar-refractivity contribution in [3.05, 3.63) is 36.4 Å². The number of benzene rings is 1. The maximum absolute atomic E-state index is 12.1. The minimum Gasteiger partial charge on any atom is -0.454 e. The molecule has 1 fully saturated rings.